The molecule has 0 spiro atoms. The number of nitrogens with two attached hydrogens (primary N) is 1. The SMILES string of the molecule is CC1(C)OCC(C)(C)[C@H](C(=O)OCCC(N)=O)O1. The fourth-order valence-electron chi connectivity index (χ4n) is 1.61. The molecule has 0 radical (unpaired) electrons. The average Bonchev–Trinajstić information content (AvgIpc) is 2.21. The van der Waals surface area contributed by atoms with Crippen LogP contribution in [0.3, 0.4) is 0 Å². The molecule has 0 unspecified atom stereocenters. The first-order chi connectivity index (χ1) is 8.14. The highest BCUT2D eigenvalue weighted by Gasteiger charge is 2.46. The van der Waals surface area contributed by atoms with Crippen LogP contribution in [0, 0.1) is 5.41 Å². The van der Waals surface area contributed by atoms with Gasteiger partial charge in [-0.2, -0.15) is 0 Å². The fourth-order valence-corrected chi connectivity index (χ4v) is 1.61. The van der Waals surface area contributed by atoms with Gasteiger partial charge in [0.25, 0.3) is 0 Å². The van der Waals surface area contributed by atoms with Gasteiger partial charge in [-0.15, -0.1) is 0 Å². The molecule has 0 aromatic carbocycles. The maximum atomic E-state index is 11.9. The zero-order valence-corrected chi connectivity index (χ0v) is 11.3. The first-order valence-electron chi connectivity index (χ1n) is 5.91. The van der Waals surface area contributed by atoms with E-state index in [-0.39, 0.29) is 13.0 Å². The molecule has 6 heteroatoms. The van der Waals surface area contributed by atoms with Gasteiger partial charge in [-0.05, 0) is 13.8 Å². The van der Waals surface area contributed by atoms with E-state index < -0.39 is 29.2 Å². The van der Waals surface area contributed by atoms with E-state index in [0.29, 0.717) is 6.61 Å². The van der Waals surface area contributed by atoms with Crippen LogP contribution in [-0.2, 0) is 23.8 Å². The number of carbonyl (C=O) groups is 2. The molecule has 0 aromatic heterocycles. The van der Waals surface area contributed by atoms with Crippen molar-refractivity contribution in [1.29, 1.82) is 0 Å². The number of hydrogen-bond donors (Lipinski definition) is 1. The molecule has 1 rings (SSSR count). The number of rotatable bonds is 4. The molecule has 0 aliphatic carbocycles. The summed E-state index contributed by atoms with van der Waals surface area (Å²) in [7, 11) is 0. The maximum Gasteiger partial charge on any atom is 0.336 e. The Hall–Kier alpha value is -1.14. The van der Waals surface area contributed by atoms with Crippen LogP contribution < -0.4 is 5.73 Å². The Kier molecular flexibility index (Phi) is 4.34. The van der Waals surface area contributed by atoms with E-state index in [4.69, 9.17) is 19.9 Å². The van der Waals surface area contributed by atoms with Gasteiger partial charge in [0.2, 0.25) is 5.91 Å². The predicted octanol–water partition coefficient (Wildman–Crippen LogP) is 0.583. The van der Waals surface area contributed by atoms with Crippen molar-refractivity contribution in [2.75, 3.05) is 13.2 Å². The molecule has 1 aliphatic rings. The molecular weight excluding hydrogens is 238 g/mol. The second-order valence-corrected chi connectivity index (χ2v) is 5.56. The van der Waals surface area contributed by atoms with Gasteiger partial charge in [0.15, 0.2) is 11.9 Å². The minimum absolute atomic E-state index is 0.0127. The summed E-state index contributed by atoms with van der Waals surface area (Å²) in [5.41, 5.74) is 4.50. The summed E-state index contributed by atoms with van der Waals surface area (Å²) in [6, 6.07) is 0. The quantitative estimate of drug-likeness (QED) is 0.746. The molecule has 1 heterocycles. The summed E-state index contributed by atoms with van der Waals surface area (Å²) >= 11 is 0. The minimum Gasteiger partial charge on any atom is -0.463 e. The molecule has 1 saturated heterocycles. The first-order valence-corrected chi connectivity index (χ1v) is 5.91. The van der Waals surface area contributed by atoms with Crippen LogP contribution in [0.1, 0.15) is 34.1 Å². The summed E-state index contributed by atoms with van der Waals surface area (Å²) in [6.07, 6.45) is -0.701. The number of hydrogen-bond acceptors (Lipinski definition) is 5. The van der Waals surface area contributed by atoms with Gasteiger partial charge in [-0.3, -0.25) is 4.79 Å². The summed E-state index contributed by atoms with van der Waals surface area (Å²) in [5.74, 6) is -1.81. The van der Waals surface area contributed by atoms with Crippen LogP contribution in [0.5, 0.6) is 0 Å². The lowest BCUT2D eigenvalue weighted by molar-refractivity contribution is -0.308. The molecule has 0 bridgehead atoms. The zero-order chi connectivity index (χ0) is 14.0. The van der Waals surface area contributed by atoms with Crippen molar-refractivity contribution in [3.63, 3.8) is 0 Å². The van der Waals surface area contributed by atoms with E-state index >= 15 is 0 Å². The van der Waals surface area contributed by atoms with Crippen LogP contribution >= 0.6 is 0 Å². The summed E-state index contributed by atoms with van der Waals surface area (Å²) in [6.45, 7) is 7.59. The molecule has 18 heavy (non-hydrogen) atoms. The second kappa shape index (κ2) is 5.24. The Morgan fingerprint density at radius 1 is 1.33 bits per heavy atom. The predicted molar refractivity (Wildman–Crippen MR) is 63.5 cm³/mol. The highest BCUT2D eigenvalue weighted by Crippen LogP contribution is 2.35. The third kappa shape index (κ3) is 3.96. The van der Waals surface area contributed by atoms with Crippen molar-refractivity contribution < 1.29 is 23.8 Å². The largest absolute Gasteiger partial charge is 0.463 e. The lowest BCUT2D eigenvalue weighted by Crippen LogP contribution is -2.54. The lowest BCUT2D eigenvalue weighted by atomic mass is 9.86. The van der Waals surface area contributed by atoms with Crippen LogP contribution in [0.2, 0.25) is 0 Å². The van der Waals surface area contributed by atoms with Crippen LogP contribution in [0.15, 0.2) is 0 Å². The highest BCUT2D eigenvalue weighted by molar-refractivity contribution is 5.77. The van der Waals surface area contributed by atoms with Gasteiger partial charge in [0.05, 0.1) is 13.0 Å². The summed E-state index contributed by atoms with van der Waals surface area (Å²) < 4.78 is 16.1. The number of amides is 1. The van der Waals surface area contributed by atoms with Crippen LogP contribution in [-0.4, -0.2) is 37.0 Å². The maximum absolute atomic E-state index is 11.9. The topological polar surface area (TPSA) is 87.9 Å². The molecular formula is C12H21NO5. The van der Waals surface area contributed by atoms with Crippen LogP contribution in [0.25, 0.3) is 0 Å². The molecule has 1 aliphatic heterocycles. The molecule has 1 fully saturated rings. The Labute approximate surface area is 107 Å². The standard InChI is InChI=1S/C12H21NO5/c1-11(2)7-17-12(3,4)18-9(11)10(15)16-6-5-8(13)14/h9H,5-7H2,1-4H3,(H2,13,14)/t9-/m0/s1. The monoisotopic (exact) mass is 259 g/mol. The Morgan fingerprint density at radius 3 is 2.50 bits per heavy atom. The van der Waals surface area contributed by atoms with E-state index in [2.05, 4.69) is 0 Å². The van der Waals surface area contributed by atoms with E-state index in [9.17, 15) is 9.59 Å². The van der Waals surface area contributed by atoms with E-state index in [0.717, 1.165) is 0 Å². The van der Waals surface area contributed by atoms with Crippen molar-refractivity contribution in [2.45, 2.75) is 46.0 Å². The number of primary amides is 1. The van der Waals surface area contributed by atoms with Gasteiger partial charge in [-0.1, -0.05) is 13.8 Å². The number of esters is 1. The smallest absolute Gasteiger partial charge is 0.336 e. The van der Waals surface area contributed by atoms with Crippen molar-refractivity contribution in [3.8, 4) is 0 Å². The van der Waals surface area contributed by atoms with Gasteiger partial charge in [0, 0.05) is 5.41 Å². The summed E-state index contributed by atoms with van der Waals surface area (Å²) in [5, 5.41) is 0. The normalized spacial score (nSPS) is 25.4. The van der Waals surface area contributed by atoms with E-state index in [1.807, 2.05) is 13.8 Å². The molecule has 0 aromatic rings. The van der Waals surface area contributed by atoms with Gasteiger partial charge in [0.1, 0.15) is 6.61 Å². The van der Waals surface area contributed by atoms with E-state index in [1.54, 1.807) is 13.8 Å². The zero-order valence-electron chi connectivity index (χ0n) is 11.3. The van der Waals surface area contributed by atoms with Crippen molar-refractivity contribution in [3.05, 3.63) is 0 Å². The third-order valence-electron chi connectivity index (χ3n) is 2.71. The molecule has 1 atom stereocenters. The lowest BCUT2D eigenvalue weighted by Gasteiger charge is -2.44. The first kappa shape index (κ1) is 14.9. The number of carbonyl (C=O) groups excluding carboxylic acids is 2. The highest BCUT2D eigenvalue weighted by atomic mass is 16.7. The fraction of sp³-hybridized carbons (Fsp3) is 0.833. The Morgan fingerprint density at radius 2 is 1.94 bits per heavy atom. The Bertz CT molecular complexity index is 337. The van der Waals surface area contributed by atoms with Crippen molar-refractivity contribution in [2.24, 2.45) is 11.1 Å². The van der Waals surface area contributed by atoms with Crippen molar-refractivity contribution in [1.82, 2.24) is 0 Å². The number of ether oxygens (including phenoxy) is 3. The van der Waals surface area contributed by atoms with Crippen molar-refractivity contribution >= 4 is 11.9 Å². The minimum atomic E-state index is -0.817. The average molecular weight is 259 g/mol. The van der Waals surface area contributed by atoms with Crippen LogP contribution in [0.4, 0.5) is 0 Å². The molecule has 0 saturated carbocycles. The van der Waals surface area contributed by atoms with Gasteiger partial charge in [-0.25, -0.2) is 4.79 Å². The Balaban J connectivity index is 2.60. The molecule has 104 valence electrons. The summed E-state index contributed by atoms with van der Waals surface area (Å²) in [4.78, 5) is 22.5. The van der Waals surface area contributed by atoms with E-state index in [1.165, 1.54) is 0 Å². The molecule has 2 N–H and O–H groups in total. The molecule has 1 amide bonds. The van der Waals surface area contributed by atoms with Gasteiger partial charge < -0.3 is 19.9 Å². The second-order valence-electron chi connectivity index (χ2n) is 5.56. The molecule has 6 nitrogen and oxygen atoms in total. The third-order valence-corrected chi connectivity index (χ3v) is 2.71. The van der Waals surface area contributed by atoms with Gasteiger partial charge >= 0.3 is 5.97 Å².